The van der Waals surface area contributed by atoms with Gasteiger partial charge in [0.2, 0.25) is 5.43 Å². The Balaban J connectivity index is 3.50. The number of aromatic nitrogens is 1. The zero-order chi connectivity index (χ0) is 10.9. The first-order valence-electron chi connectivity index (χ1n) is 3.68. The molecule has 0 atom stereocenters. The Kier molecular flexibility index (Phi) is 2.64. The van der Waals surface area contributed by atoms with E-state index in [0.29, 0.717) is 0 Å². The van der Waals surface area contributed by atoms with Crippen molar-refractivity contribution in [1.82, 2.24) is 4.98 Å². The van der Waals surface area contributed by atoms with Crippen LogP contribution >= 0.6 is 0 Å². The first-order valence-corrected chi connectivity index (χ1v) is 3.68. The zero-order valence-electron chi connectivity index (χ0n) is 7.17. The summed E-state index contributed by atoms with van der Waals surface area (Å²) in [6.45, 7) is 1.33. The first kappa shape index (κ1) is 10.4. The summed E-state index contributed by atoms with van der Waals surface area (Å²) in [7, 11) is 0. The molecule has 0 aliphatic heterocycles. The molecule has 1 aromatic rings. The zero-order valence-corrected chi connectivity index (χ0v) is 7.17. The molecule has 1 heterocycles. The Hall–Kier alpha value is -1.72. The fourth-order valence-corrected chi connectivity index (χ4v) is 1.06. The van der Waals surface area contributed by atoms with E-state index >= 15 is 0 Å². The summed E-state index contributed by atoms with van der Waals surface area (Å²) in [6, 6.07) is 0. The number of carboxylic acid groups (broad SMARTS) is 1. The van der Waals surface area contributed by atoms with E-state index < -0.39 is 29.0 Å². The lowest BCUT2D eigenvalue weighted by Gasteiger charge is -2.03. The number of aryl methyl sites for hydroxylation is 1. The van der Waals surface area contributed by atoms with Crippen LogP contribution in [0.5, 0.6) is 0 Å². The number of hydrogen-bond acceptors (Lipinski definition) is 2. The van der Waals surface area contributed by atoms with Gasteiger partial charge in [-0.15, -0.1) is 0 Å². The van der Waals surface area contributed by atoms with Gasteiger partial charge in [-0.3, -0.25) is 4.79 Å². The third kappa shape index (κ3) is 1.63. The van der Waals surface area contributed by atoms with Gasteiger partial charge in [0.05, 0.1) is 5.56 Å². The van der Waals surface area contributed by atoms with E-state index in [1.54, 1.807) is 0 Å². The molecule has 14 heavy (non-hydrogen) atoms. The largest absolute Gasteiger partial charge is 0.477 e. The van der Waals surface area contributed by atoms with Gasteiger partial charge in [-0.1, -0.05) is 0 Å². The summed E-state index contributed by atoms with van der Waals surface area (Å²) < 4.78 is 24.4. The topological polar surface area (TPSA) is 70.2 Å². The highest BCUT2D eigenvalue weighted by molar-refractivity contribution is 5.88. The van der Waals surface area contributed by atoms with E-state index in [2.05, 4.69) is 4.98 Å². The van der Waals surface area contributed by atoms with Crippen molar-refractivity contribution in [3.8, 4) is 0 Å². The monoisotopic (exact) mass is 203 g/mol. The second-order valence-electron chi connectivity index (χ2n) is 2.68. The minimum Gasteiger partial charge on any atom is -0.477 e. The molecular formula is C8H7F2NO3. The first-order chi connectivity index (χ1) is 6.45. The molecule has 76 valence electrons. The fourth-order valence-electron chi connectivity index (χ4n) is 1.06. The number of hydrogen-bond donors (Lipinski definition) is 2. The molecule has 0 radical (unpaired) electrons. The van der Waals surface area contributed by atoms with E-state index in [4.69, 9.17) is 5.11 Å². The van der Waals surface area contributed by atoms with Gasteiger partial charge < -0.3 is 10.1 Å². The van der Waals surface area contributed by atoms with Crippen molar-refractivity contribution in [3.05, 3.63) is 33.2 Å². The number of rotatable bonds is 2. The van der Waals surface area contributed by atoms with Crippen molar-refractivity contribution in [1.29, 1.82) is 0 Å². The average molecular weight is 203 g/mol. The van der Waals surface area contributed by atoms with E-state index in [1.807, 2.05) is 0 Å². The quantitative estimate of drug-likeness (QED) is 0.761. The van der Waals surface area contributed by atoms with Crippen LogP contribution in [0.2, 0.25) is 0 Å². The molecule has 0 spiro atoms. The van der Waals surface area contributed by atoms with Gasteiger partial charge in [-0.25, -0.2) is 13.6 Å². The van der Waals surface area contributed by atoms with Crippen LogP contribution in [0, 0.1) is 6.92 Å². The predicted molar refractivity (Wildman–Crippen MR) is 43.7 cm³/mol. The summed E-state index contributed by atoms with van der Waals surface area (Å²) in [6.07, 6.45) is -2.15. The molecule has 0 aliphatic rings. The number of nitrogens with one attached hydrogen (secondary N) is 1. The number of carboxylic acids is 1. The molecule has 0 saturated heterocycles. The van der Waals surface area contributed by atoms with Crippen molar-refractivity contribution in [2.24, 2.45) is 0 Å². The van der Waals surface area contributed by atoms with Crippen LogP contribution in [0.25, 0.3) is 0 Å². The minimum atomic E-state index is -2.97. The molecule has 0 amide bonds. The third-order valence-electron chi connectivity index (χ3n) is 1.76. The Morgan fingerprint density at radius 1 is 1.57 bits per heavy atom. The van der Waals surface area contributed by atoms with Gasteiger partial charge in [0.25, 0.3) is 6.43 Å². The fraction of sp³-hybridized carbons (Fsp3) is 0.250. The minimum absolute atomic E-state index is 0.0619. The van der Waals surface area contributed by atoms with E-state index in [0.717, 1.165) is 6.20 Å². The molecule has 0 saturated carbocycles. The highest BCUT2D eigenvalue weighted by atomic mass is 19.3. The number of aromatic amines is 1. The Morgan fingerprint density at radius 3 is 2.57 bits per heavy atom. The van der Waals surface area contributed by atoms with Crippen LogP contribution in [0.15, 0.2) is 11.0 Å². The van der Waals surface area contributed by atoms with Gasteiger partial charge >= 0.3 is 5.97 Å². The van der Waals surface area contributed by atoms with Crippen molar-refractivity contribution in [2.75, 3.05) is 0 Å². The Labute approximate surface area is 77.2 Å². The molecule has 0 fully saturated rings. The van der Waals surface area contributed by atoms with Crippen LogP contribution < -0.4 is 5.43 Å². The van der Waals surface area contributed by atoms with Gasteiger partial charge in [0.15, 0.2) is 0 Å². The molecule has 0 unspecified atom stereocenters. The highest BCUT2D eigenvalue weighted by Gasteiger charge is 2.20. The van der Waals surface area contributed by atoms with Gasteiger partial charge in [-0.05, 0) is 6.92 Å². The second-order valence-corrected chi connectivity index (χ2v) is 2.68. The lowest BCUT2D eigenvalue weighted by atomic mass is 10.1. The number of aromatic carboxylic acids is 1. The molecule has 0 aromatic carbocycles. The van der Waals surface area contributed by atoms with Gasteiger partial charge in [-0.2, -0.15) is 0 Å². The molecule has 1 aromatic heterocycles. The van der Waals surface area contributed by atoms with Crippen molar-refractivity contribution in [3.63, 3.8) is 0 Å². The van der Waals surface area contributed by atoms with Crippen molar-refractivity contribution >= 4 is 5.97 Å². The normalized spacial score (nSPS) is 10.6. The molecule has 0 bridgehead atoms. The predicted octanol–water partition coefficient (Wildman–Crippen LogP) is 1.32. The van der Waals surface area contributed by atoms with E-state index in [1.165, 1.54) is 6.92 Å². The maximum Gasteiger partial charge on any atom is 0.341 e. The van der Waals surface area contributed by atoms with Crippen LogP contribution in [-0.4, -0.2) is 16.1 Å². The smallest absolute Gasteiger partial charge is 0.341 e. The van der Waals surface area contributed by atoms with Gasteiger partial charge in [0, 0.05) is 11.9 Å². The van der Waals surface area contributed by atoms with E-state index in [-0.39, 0.29) is 5.69 Å². The van der Waals surface area contributed by atoms with E-state index in [9.17, 15) is 18.4 Å². The highest BCUT2D eigenvalue weighted by Crippen LogP contribution is 2.14. The molecule has 1 rings (SSSR count). The summed E-state index contributed by atoms with van der Waals surface area (Å²) in [5.41, 5.74) is -2.54. The number of pyridine rings is 1. The lowest BCUT2D eigenvalue weighted by Crippen LogP contribution is -2.21. The van der Waals surface area contributed by atoms with Crippen molar-refractivity contribution in [2.45, 2.75) is 13.3 Å². The third-order valence-corrected chi connectivity index (χ3v) is 1.76. The van der Waals surface area contributed by atoms with Crippen LogP contribution in [0.1, 0.15) is 28.0 Å². The summed E-state index contributed by atoms with van der Waals surface area (Å²) in [5.74, 6) is -1.51. The summed E-state index contributed by atoms with van der Waals surface area (Å²) in [5, 5.41) is 8.59. The number of H-pyrrole nitrogens is 1. The molecular weight excluding hydrogens is 196 g/mol. The van der Waals surface area contributed by atoms with Crippen LogP contribution in [0.4, 0.5) is 8.78 Å². The Morgan fingerprint density at radius 2 is 2.14 bits per heavy atom. The molecule has 6 heteroatoms. The number of carbonyl (C=O) groups is 1. The van der Waals surface area contributed by atoms with Crippen LogP contribution in [0.3, 0.4) is 0 Å². The molecule has 4 nitrogen and oxygen atoms in total. The molecule has 0 aliphatic carbocycles. The maximum atomic E-state index is 12.2. The van der Waals surface area contributed by atoms with Crippen LogP contribution in [-0.2, 0) is 0 Å². The van der Waals surface area contributed by atoms with Crippen molar-refractivity contribution < 1.29 is 18.7 Å². The standard InChI is InChI=1S/C8H7F2NO3/c1-3-5(8(13)14)6(12)4(2-11-3)7(9)10/h2,7H,1H3,(H,11,12)(H,13,14). The lowest BCUT2D eigenvalue weighted by molar-refractivity contribution is 0.0693. The Bertz CT molecular complexity index is 425. The summed E-state index contributed by atoms with van der Waals surface area (Å²) >= 11 is 0. The maximum absolute atomic E-state index is 12.2. The average Bonchev–Trinajstić information content (AvgIpc) is 2.02. The summed E-state index contributed by atoms with van der Waals surface area (Å²) in [4.78, 5) is 24.1. The molecule has 2 N–H and O–H groups in total. The SMILES string of the molecule is Cc1[nH]cc(C(F)F)c(=O)c1C(=O)O. The number of halogens is 2. The number of alkyl halides is 2. The van der Waals surface area contributed by atoms with Gasteiger partial charge in [0.1, 0.15) is 5.56 Å². The second kappa shape index (κ2) is 3.57.